The van der Waals surface area contributed by atoms with Crippen LogP contribution in [0.1, 0.15) is 38.7 Å². The Morgan fingerprint density at radius 1 is 1.11 bits per heavy atom. The van der Waals surface area contributed by atoms with E-state index in [0.29, 0.717) is 0 Å². The summed E-state index contributed by atoms with van der Waals surface area (Å²) in [6.07, 6.45) is 4.88. The maximum Gasteiger partial charge on any atom is 0.0988 e. The monoisotopic (exact) mass is 258 g/mol. The van der Waals surface area contributed by atoms with Crippen molar-refractivity contribution in [1.29, 1.82) is 0 Å². The molecule has 1 aromatic rings. The molecule has 1 heterocycles. The maximum atomic E-state index is 4.80. The van der Waals surface area contributed by atoms with Gasteiger partial charge in [0.2, 0.25) is 0 Å². The molecule has 1 aromatic carbocycles. The van der Waals surface area contributed by atoms with Gasteiger partial charge in [0.05, 0.1) is 5.84 Å². The summed E-state index contributed by atoms with van der Waals surface area (Å²) in [5.74, 6) is 2.12. The zero-order valence-electron chi connectivity index (χ0n) is 12.3. The Balaban J connectivity index is 1.89. The third-order valence-corrected chi connectivity index (χ3v) is 4.10. The van der Waals surface area contributed by atoms with Gasteiger partial charge in [0.25, 0.3) is 0 Å². The molecule has 0 radical (unpaired) electrons. The van der Waals surface area contributed by atoms with E-state index in [1.165, 1.54) is 30.7 Å². The van der Waals surface area contributed by atoms with Gasteiger partial charge in [-0.2, -0.15) is 0 Å². The molecule has 0 amide bonds. The fourth-order valence-electron chi connectivity index (χ4n) is 2.93. The fourth-order valence-corrected chi connectivity index (χ4v) is 2.93. The first-order chi connectivity index (χ1) is 9.33. The molecule has 2 nitrogen and oxygen atoms in total. The summed E-state index contributed by atoms with van der Waals surface area (Å²) in [6.45, 7) is 7.61. The highest BCUT2D eigenvalue weighted by molar-refractivity contribution is 5.82. The van der Waals surface area contributed by atoms with Crippen LogP contribution in [-0.2, 0) is 6.42 Å². The van der Waals surface area contributed by atoms with Gasteiger partial charge in [0.1, 0.15) is 0 Å². The highest BCUT2D eigenvalue weighted by Gasteiger charge is 2.17. The molecule has 19 heavy (non-hydrogen) atoms. The Morgan fingerprint density at radius 3 is 2.53 bits per heavy atom. The first-order valence-corrected chi connectivity index (χ1v) is 7.65. The summed E-state index contributed by atoms with van der Waals surface area (Å²) < 4.78 is 0. The minimum absolute atomic E-state index is 0.791. The molecule has 2 rings (SSSR count). The lowest BCUT2D eigenvalue weighted by atomic mass is 9.92. The molecular formula is C17H26N2. The first kappa shape index (κ1) is 14.1. The molecule has 0 aliphatic carbocycles. The summed E-state index contributed by atoms with van der Waals surface area (Å²) >= 11 is 0. The standard InChI is InChI=1S/C17H26N2/c1-3-19(4-2)17-11-10-16(12-13-18-17)14-15-8-6-5-7-9-15/h5-9,16H,3-4,10-14H2,1-2H3. The molecule has 104 valence electrons. The molecule has 2 heteroatoms. The number of nitrogens with zero attached hydrogens (tertiary/aromatic N) is 2. The lowest BCUT2D eigenvalue weighted by Gasteiger charge is -2.22. The molecule has 0 aromatic heterocycles. The van der Waals surface area contributed by atoms with Crippen LogP contribution in [0, 0.1) is 5.92 Å². The van der Waals surface area contributed by atoms with Crippen LogP contribution >= 0.6 is 0 Å². The van der Waals surface area contributed by atoms with E-state index in [-0.39, 0.29) is 0 Å². The lowest BCUT2D eigenvalue weighted by Crippen LogP contribution is -2.30. The SMILES string of the molecule is CCN(CC)C1=NCCC(Cc2ccccc2)CC1. The fraction of sp³-hybridized carbons (Fsp3) is 0.588. The van der Waals surface area contributed by atoms with Gasteiger partial charge in [-0.15, -0.1) is 0 Å². The third-order valence-electron chi connectivity index (χ3n) is 4.10. The number of benzene rings is 1. The maximum absolute atomic E-state index is 4.80. The summed E-state index contributed by atoms with van der Waals surface area (Å²) in [5.41, 5.74) is 1.47. The van der Waals surface area contributed by atoms with Crippen molar-refractivity contribution >= 4 is 5.84 Å². The molecule has 0 fully saturated rings. The third kappa shape index (κ3) is 4.09. The molecule has 1 unspecified atom stereocenters. The van der Waals surface area contributed by atoms with E-state index in [1.807, 2.05) is 0 Å². The van der Waals surface area contributed by atoms with Crippen molar-refractivity contribution in [2.75, 3.05) is 19.6 Å². The minimum atomic E-state index is 0.791. The lowest BCUT2D eigenvalue weighted by molar-refractivity contribution is 0.440. The Labute approximate surface area is 117 Å². The predicted molar refractivity (Wildman–Crippen MR) is 82.7 cm³/mol. The number of aliphatic imine (C=N–C) groups is 1. The van der Waals surface area contributed by atoms with Crippen molar-refractivity contribution in [3.05, 3.63) is 35.9 Å². The van der Waals surface area contributed by atoms with Gasteiger partial charge in [-0.1, -0.05) is 30.3 Å². The van der Waals surface area contributed by atoms with Crippen molar-refractivity contribution in [3.63, 3.8) is 0 Å². The first-order valence-electron chi connectivity index (χ1n) is 7.65. The molecule has 0 saturated carbocycles. The van der Waals surface area contributed by atoms with Crippen LogP contribution in [0.3, 0.4) is 0 Å². The van der Waals surface area contributed by atoms with E-state index in [1.54, 1.807) is 0 Å². The molecule has 0 spiro atoms. The second-order valence-electron chi connectivity index (χ2n) is 5.35. The summed E-state index contributed by atoms with van der Waals surface area (Å²) in [7, 11) is 0. The summed E-state index contributed by atoms with van der Waals surface area (Å²) in [4.78, 5) is 7.21. The molecule has 0 saturated heterocycles. The van der Waals surface area contributed by atoms with Gasteiger partial charge >= 0.3 is 0 Å². The predicted octanol–water partition coefficient (Wildman–Crippen LogP) is 3.77. The van der Waals surface area contributed by atoms with Crippen molar-refractivity contribution in [3.8, 4) is 0 Å². The minimum Gasteiger partial charge on any atom is -0.361 e. The van der Waals surface area contributed by atoms with Gasteiger partial charge in [-0.25, -0.2) is 0 Å². The van der Waals surface area contributed by atoms with E-state index < -0.39 is 0 Å². The highest BCUT2D eigenvalue weighted by Crippen LogP contribution is 2.21. The average Bonchev–Trinajstić information content (AvgIpc) is 2.68. The van der Waals surface area contributed by atoms with Crippen molar-refractivity contribution in [2.45, 2.75) is 39.5 Å². The van der Waals surface area contributed by atoms with Crippen LogP contribution in [0.4, 0.5) is 0 Å². The van der Waals surface area contributed by atoms with Crippen LogP contribution in [-0.4, -0.2) is 30.4 Å². The molecular weight excluding hydrogens is 232 g/mol. The number of amidine groups is 1. The van der Waals surface area contributed by atoms with Crippen LogP contribution in [0.15, 0.2) is 35.3 Å². The number of rotatable bonds is 4. The largest absolute Gasteiger partial charge is 0.361 e. The summed E-state index contributed by atoms with van der Waals surface area (Å²) in [5, 5.41) is 0. The second-order valence-corrected chi connectivity index (χ2v) is 5.35. The van der Waals surface area contributed by atoms with E-state index in [4.69, 9.17) is 4.99 Å². The van der Waals surface area contributed by atoms with Crippen molar-refractivity contribution < 1.29 is 0 Å². The van der Waals surface area contributed by atoms with E-state index >= 15 is 0 Å². The Hall–Kier alpha value is -1.31. The zero-order valence-corrected chi connectivity index (χ0v) is 12.3. The van der Waals surface area contributed by atoms with Crippen LogP contribution in [0.5, 0.6) is 0 Å². The second kappa shape index (κ2) is 7.32. The summed E-state index contributed by atoms with van der Waals surface area (Å²) in [6, 6.07) is 10.9. The van der Waals surface area contributed by atoms with E-state index in [9.17, 15) is 0 Å². The normalized spacial score (nSPS) is 19.7. The average molecular weight is 258 g/mol. The van der Waals surface area contributed by atoms with Gasteiger partial charge in [0, 0.05) is 26.1 Å². The number of hydrogen-bond acceptors (Lipinski definition) is 2. The molecule has 0 bridgehead atoms. The van der Waals surface area contributed by atoms with Crippen molar-refractivity contribution in [1.82, 2.24) is 4.90 Å². The number of hydrogen-bond donors (Lipinski definition) is 0. The van der Waals surface area contributed by atoms with Gasteiger partial charge in [-0.05, 0) is 44.6 Å². The van der Waals surface area contributed by atoms with Gasteiger partial charge in [-0.3, -0.25) is 4.99 Å². The van der Waals surface area contributed by atoms with Crippen molar-refractivity contribution in [2.24, 2.45) is 10.9 Å². The van der Waals surface area contributed by atoms with Crippen LogP contribution in [0.2, 0.25) is 0 Å². The van der Waals surface area contributed by atoms with Gasteiger partial charge in [0.15, 0.2) is 0 Å². The molecule has 1 aliphatic rings. The Morgan fingerprint density at radius 2 is 1.84 bits per heavy atom. The molecule has 1 atom stereocenters. The van der Waals surface area contributed by atoms with E-state index in [0.717, 1.165) is 32.0 Å². The molecule has 0 N–H and O–H groups in total. The smallest absolute Gasteiger partial charge is 0.0988 e. The topological polar surface area (TPSA) is 15.6 Å². The van der Waals surface area contributed by atoms with E-state index in [2.05, 4.69) is 49.1 Å². The van der Waals surface area contributed by atoms with Gasteiger partial charge < -0.3 is 4.90 Å². The highest BCUT2D eigenvalue weighted by atomic mass is 15.2. The molecule has 1 aliphatic heterocycles. The zero-order chi connectivity index (χ0) is 13.5. The Bertz CT molecular complexity index is 393. The van der Waals surface area contributed by atoms with Crippen LogP contribution < -0.4 is 0 Å². The van der Waals surface area contributed by atoms with Crippen LogP contribution in [0.25, 0.3) is 0 Å². The Kier molecular flexibility index (Phi) is 5.44. The quantitative estimate of drug-likeness (QED) is 0.802.